The smallest absolute Gasteiger partial charge is 0.224 e. The van der Waals surface area contributed by atoms with E-state index in [1.807, 2.05) is 35.9 Å². The van der Waals surface area contributed by atoms with Crippen LogP contribution in [0, 0.1) is 6.92 Å². The van der Waals surface area contributed by atoms with E-state index in [2.05, 4.69) is 41.5 Å². The highest BCUT2D eigenvalue weighted by Crippen LogP contribution is 2.26. The zero-order valence-corrected chi connectivity index (χ0v) is 18.9. The molecule has 3 rings (SSSR count). The molecule has 2 heterocycles. The number of hydrogen-bond acceptors (Lipinski definition) is 6. The highest BCUT2D eigenvalue weighted by atomic mass is 32.2. The molecule has 2 aromatic heterocycles. The van der Waals surface area contributed by atoms with E-state index in [-0.39, 0.29) is 5.91 Å². The number of aryl methyl sites for hydroxylation is 1. The number of aromatic nitrogens is 4. The monoisotopic (exact) mass is 426 g/mol. The van der Waals surface area contributed by atoms with Crippen LogP contribution < -0.4 is 10.6 Å². The van der Waals surface area contributed by atoms with E-state index in [0.29, 0.717) is 24.8 Å². The van der Waals surface area contributed by atoms with Crippen LogP contribution in [0.5, 0.6) is 0 Å². The van der Waals surface area contributed by atoms with Gasteiger partial charge < -0.3 is 10.6 Å². The van der Waals surface area contributed by atoms with Crippen LogP contribution in [0.3, 0.4) is 0 Å². The molecular weight excluding hydrogens is 396 g/mol. The average molecular weight is 427 g/mol. The van der Waals surface area contributed by atoms with Crippen LogP contribution in [0.15, 0.2) is 35.6 Å². The van der Waals surface area contributed by atoms with E-state index >= 15 is 0 Å². The number of fused-ring (bicyclic) bond motifs is 1. The second-order valence-electron chi connectivity index (χ2n) is 7.57. The summed E-state index contributed by atoms with van der Waals surface area (Å²) in [4.78, 5) is 21.7. The zero-order chi connectivity index (χ0) is 21.5. The summed E-state index contributed by atoms with van der Waals surface area (Å²) in [6.07, 6.45) is 3.19. The molecule has 0 radical (unpaired) electrons. The van der Waals surface area contributed by atoms with Crippen LogP contribution in [0.25, 0.3) is 11.0 Å². The van der Waals surface area contributed by atoms with Crippen LogP contribution in [-0.2, 0) is 17.8 Å². The molecule has 0 atom stereocenters. The summed E-state index contributed by atoms with van der Waals surface area (Å²) >= 11 is 1.63. The summed E-state index contributed by atoms with van der Waals surface area (Å²) in [7, 11) is 0. The molecule has 1 aromatic carbocycles. The number of hydrogen-bond donors (Lipinski definition) is 2. The highest BCUT2D eigenvalue weighted by Gasteiger charge is 2.14. The van der Waals surface area contributed by atoms with Crippen LogP contribution in [0.1, 0.15) is 38.3 Å². The fourth-order valence-electron chi connectivity index (χ4n) is 3.11. The minimum absolute atomic E-state index is 0.00745. The van der Waals surface area contributed by atoms with Gasteiger partial charge in [-0.05, 0) is 18.9 Å². The van der Waals surface area contributed by atoms with Crippen molar-refractivity contribution in [2.75, 3.05) is 18.4 Å². The predicted molar refractivity (Wildman–Crippen MR) is 123 cm³/mol. The van der Waals surface area contributed by atoms with E-state index < -0.39 is 0 Å². The van der Waals surface area contributed by atoms with Crippen LogP contribution in [0.2, 0.25) is 0 Å². The molecule has 7 nitrogen and oxygen atoms in total. The Morgan fingerprint density at radius 1 is 1.23 bits per heavy atom. The number of carbonyl (C=O) groups is 1. The number of rotatable bonds is 10. The van der Waals surface area contributed by atoms with E-state index in [1.54, 1.807) is 18.0 Å². The standard InChI is InChI=1S/C22H30N6OS/c1-5-9-24-20-18-14-25-28(21(18)27-22(26-20)30-15(2)3)11-10-23-19(29)13-17-8-6-7-16(4)12-17/h6-8,12,14-15H,5,9-11,13H2,1-4H3,(H,23,29)(H,24,26,27). The summed E-state index contributed by atoms with van der Waals surface area (Å²) in [5.74, 6) is 0.827. The lowest BCUT2D eigenvalue weighted by molar-refractivity contribution is -0.120. The third-order valence-corrected chi connectivity index (χ3v) is 5.32. The Hall–Kier alpha value is -2.61. The molecule has 0 saturated heterocycles. The van der Waals surface area contributed by atoms with Crippen molar-refractivity contribution >= 4 is 34.5 Å². The molecule has 0 aliphatic rings. The van der Waals surface area contributed by atoms with Gasteiger partial charge in [0.15, 0.2) is 10.8 Å². The predicted octanol–water partition coefficient (Wildman–Crippen LogP) is 3.82. The molecule has 8 heteroatoms. The minimum atomic E-state index is 0.00745. The maximum atomic E-state index is 12.3. The number of benzene rings is 1. The molecule has 1 amide bonds. The Morgan fingerprint density at radius 2 is 2.07 bits per heavy atom. The number of anilines is 1. The number of nitrogens with one attached hydrogen (secondary N) is 2. The van der Waals surface area contributed by atoms with Gasteiger partial charge in [0.05, 0.1) is 24.5 Å². The van der Waals surface area contributed by atoms with Crippen LogP contribution in [0.4, 0.5) is 5.82 Å². The van der Waals surface area contributed by atoms with Crippen molar-refractivity contribution in [3.63, 3.8) is 0 Å². The Labute approximate surface area is 182 Å². The SMILES string of the molecule is CCCNc1nc(SC(C)C)nc2c1cnn2CCNC(=O)Cc1cccc(C)c1. The first-order valence-electron chi connectivity index (χ1n) is 10.4. The molecule has 2 N–H and O–H groups in total. The van der Waals surface area contributed by atoms with Crippen molar-refractivity contribution in [2.24, 2.45) is 0 Å². The Kier molecular flexibility index (Phi) is 7.68. The van der Waals surface area contributed by atoms with Gasteiger partial charge in [0.2, 0.25) is 5.91 Å². The quantitative estimate of drug-likeness (QED) is 0.379. The molecule has 0 aliphatic heterocycles. The Bertz CT molecular complexity index is 1000. The van der Waals surface area contributed by atoms with E-state index in [9.17, 15) is 4.79 Å². The van der Waals surface area contributed by atoms with Crippen molar-refractivity contribution in [3.05, 3.63) is 41.6 Å². The number of thioether (sulfide) groups is 1. The van der Waals surface area contributed by atoms with Crippen molar-refractivity contribution in [1.29, 1.82) is 0 Å². The molecule has 30 heavy (non-hydrogen) atoms. The molecule has 3 aromatic rings. The van der Waals surface area contributed by atoms with Crippen molar-refractivity contribution < 1.29 is 4.79 Å². The lowest BCUT2D eigenvalue weighted by atomic mass is 10.1. The second-order valence-corrected chi connectivity index (χ2v) is 9.11. The average Bonchev–Trinajstić information content (AvgIpc) is 3.08. The van der Waals surface area contributed by atoms with Gasteiger partial charge >= 0.3 is 0 Å². The van der Waals surface area contributed by atoms with E-state index in [1.165, 1.54) is 0 Å². The van der Waals surface area contributed by atoms with E-state index in [4.69, 9.17) is 4.98 Å². The van der Waals surface area contributed by atoms with Gasteiger partial charge in [-0.25, -0.2) is 14.6 Å². The topological polar surface area (TPSA) is 84.7 Å². The lowest BCUT2D eigenvalue weighted by Crippen LogP contribution is -2.29. The number of carbonyl (C=O) groups excluding carboxylic acids is 1. The minimum Gasteiger partial charge on any atom is -0.369 e. The van der Waals surface area contributed by atoms with Gasteiger partial charge in [-0.2, -0.15) is 5.10 Å². The van der Waals surface area contributed by atoms with Crippen LogP contribution >= 0.6 is 11.8 Å². The summed E-state index contributed by atoms with van der Waals surface area (Å²) in [5, 5.41) is 12.9. The summed E-state index contributed by atoms with van der Waals surface area (Å²) in [6.45, 7) is 10.3. The van der Waals surface area contributed by atoms with Gasteiger partial charge in [-0.15, -0.1) is 0 Å². The molecule has 0 spiro atoms. The van der Waals surface area contributed by atoms with Gasteiger partial charge in [-0.1, -0.05) is 62.4 Å². The summed E-state index contributed by atoms with van der Waals surface area (Å²) < 4.78 is 1.84. The third kappa shape index (κ3) is 5.95. The molecule has 160 valence electrons. The molecule has 0 bridgehead atoms. The van der Waals surface area contributed by atoms with E-state index in [0.717, 1.165) is 46.1 Å². The normalized spacial score (nSPS) is 11.2. The molecule has 0 fully saturated rings. The number of amides is 1. The summed E-state index contributed by atoms with van der Waals surface area (Å²) in [5.41, 5.74) is 2.97. The largest absolute Gasteiger partial charge is 0.369 e. The van der Waals surface area contributed by atoms with Crippen LogP contribution in [-0.4, -0.2) is 44.0 Å². The van der Waals surface area contributed by atoms with Crippen molar-refractivity contribution in [2.45, 2.75) is 57.5 Å². The lowest BCUT2D eigenvalue weighted by Gasteiger charge is -2.10. The van der Waals surface area contributed by atoms with Gasteiger partial charge in [0.1, 0.15) is 5.82 Å². The highest BCUT2D eigenvalue weighted by molar-refractivity contribution is 7.99. The van der Waals surface area contributed by atoms with Gasteiger partial charge in [-0.3, -0.25) is 4.79 Å². The maximum absolute atomic E-state index is 12.3. The zero-order valence-electron chi connectivity index (χ0n) is 18.1. The fraction of sp³-hybridized carbons (Fsp3) is 0.455. The second kappa shape index (κ2) is 10.4. The number of nitrogens with zero attached hydrogens (tertiary/aromatic N) is 4. The molecule has 0 saturated carbocycles. The summed E-state index contributed by atoms with van der Waals surface area (Å²) in [6, 6.07) is 8.02. The Balaban J connectivity index is 1.68. The molecular formula is C22H30N6OS. The first kappa shape index (κ1) is 22.1. The third-order valence-electron chi connectivity index (χ3n) is 4.45. The fourth-order valence-corrected chi connectivity index (χ4v) is 3.82. The molecule has 0 aliphatic carbocycles. The first-order valence-corrected chi connectivity index (χ1v) is 11.3. The molecule has 0 unspecified atom stereocenters. The van der Waals surface area contributed by atoms with Gasteiger partial charge in [0.25, 0.3) is 0 Å². The maximum Gasteiger partial charge on any atom is 0.224 e. The van der Waals surface area contributed by atoms with Crippen molar-refractivity contribution in [1.82, 2.24) is 25.1 Å². The first-order chi connectivity index (χ1) is 14.5. The Morgan fingerprint density at radius 3 is 2.80 bits per heavy atom. The van der Waals surface area contributed by atoms with Gasteiger partial charge in [0, 0.05) is 18.3 Å². The van der Waals surface area contributed by atoms with Crippen molar-refractivity contribution in [3.8, 4) is 0 Å².